The van der Waals surface area contributed by atoms with Crippen LogP contribution in [0.15, 0.2) is 24.3 Å². The molecule has 1 fully saturated rings. The van der Waals surface area contributed by atoms with Crippen molar-refractivity contribution in [1.82, 2.24) is 4.90 Å². The molecule has 1 saturated heterocycles. The van der Waals surface area contributed by atoms with Crippen molar-refractivity contribution in [1.29, 1.82) is 0 Å². The Morgan fingerprint density at radius 2 is 2.32 bits per heavy atom. The molecule has 0 saturated carbocycles. The first-order valence-electron chi connectivity index (χ1n) is 6.57. The summed E-state index contributed by atoms with van der Waals surface area (Å²) in [6.45, 7) is 3.05. The molecule has 2 rings (SSSR count). The van der Waals surface area contributed by atoms with E-state index in [1.54, 1.807) is 17.0 Å². The molecule has 0 radical (unpaired) electrons. The normalized spacial score (nSPS) is 20.4. The Bertz CT molecular complexity index is 453. The molecule has 4 nitrogen and oxygen atoms in total. The van der Waals surface area contributed by atoms with Crippen LogP contribution in [0.25, 0.3) is 0 Å². The Morgan fingerprint density at radius 1 is 1.58 bits per heavy atom. The molecule has 19 heavy (non-hydrogen) atoms. The monoisotopic (exact) mass is 266 g/mol. The second-order valence-corrected chi connectivity index (χ2v) is 4.78. The minimum atomic E-state index is -0.651. The highest BCUT2D eigenvalue weighted by molar-refractivity contribution is 5.81. The van der Waals surface area contributed by atoms with Crippen LogP contribution < -0.4 is 10.5 Å². The number of ether oxygens (including phenoxy) is 1. The van der Waals surface area contributed by atoms with E-state index in [9.17, 15) is 9.18 Å². The van der Waals surface area contributed by atoms with Crippen LogP contribution >= 0.6 is 0 Å². The molecule has 1 heterocycles. The molecule has 1 aliphatic heterocycles. The van der Waals surface area contributed by atoms with Gasteiger partial charge < -0.3 is 15.4 Å². The predicted octanol–water partition coefficient (Wildman–Crippen LogP) is 1.54. The first-order chi connectivity index (χ1) is 9.11. The van der Waals surface area contributed by atoms with Gasteiger partial charge in [-0.05, 0) is 25.0 Å². The fraction of sp³-hybridized carbons (Fsp3) is 0.500. The minimum Gasteiger partial charge on any atom is -0.478 e. The number of hydrogen-bond donors (Lipinski definition) is 1. The summed E-state index contributed by atoms with van der Waals surface area (Å²) in [5.41, 5.74) is 5.79. The SMILES string of the molecule is CCC(Oc1ccccc1F)C(=O)N1CC[C@H](N)C1. The van der Waals surface area contributed by atoms with Gasteiger partial charge in [0.2, 0.25) is 0 Å². The Kier molecular flexibility index (Phi) is 4.37. The summed E-state index contributed by atoms with van der Waals surface area (Å²) in [4.78, 5) is 14.0. The van der Waals surface area contributed by atoms with Gasteiger partial charge in [0.1, 0.15) is 0 Å². The van der Waals surface area contributed by atoms with Gasteiger partial charge in [0.25, 0.3) is 5.91 Å². The van der Waals surface area contributed by atoms with Crippen LogP contribution in [0.3, 0.4) is 0 Å². The van der Waals surface area contributed by atoms with Crippen LogP contribution in [0.2, 0.25) is 0 Å². The second-order valence-electron chi connectivity index (χ2n) is 4.78. The van der Waals surface area contributed by atoms with Crippen molar-refractivity contribution in [3.05, 3.63) is 30.1 Å². The van der Waals surface area contributed by atoms with Crippen molar-refractivity contribution >= 4 is 5.91 Å². The lowest BCUT2D eigenvalue weighted by Crippen LogP contribution is -2.41. The Hall–Kier alpha value is -1.62. The lowest BCUT2D eigenvalue weighted by atomic mass is 10.2. The van der Waals surface area contributed by atoms with Gasteiger partial charge in [-0.3, -0.25) is 4.79 Å². The summed E-state index contributed by atoms with van der Waals surface area (Å²) in [7, 11) is 0. The van der Waals surface area contributed by atoms with E-state index in [-0.39, 0.29) is 17.7 Å². The molecule has 0 aromatic heterocycles. The number of likely N-dealkylation sites (tertiary alicyclic amines) is 1. The van der Waals surface area contributed by atoms with Gasteiger partial charge in [-0.25, -0.2) is 4.39 Å². The predicted molar refractivity (Wildman–Crippen MR) is 70.3 cm³/mol. The number of carbonyl (C=O) groups excluding carboxylic acids is 1. The summed E-state index contributed by atoms with van der Waals surface area (Å²) in [6.07, 6.45) is 0.656. The summed E-state index contributed by atoms with van der Waals surface area (Å²) in [5.74, 6) is -0.447. The van der Waals surface area contributed by atoms with Crippen LogP contribution in [0.5, 0.6) is 5.75 Å². The van der Waals surface area contributed by atoms with Gasteiger partial charge in [-0.1, -0.05) is 19.1 Å². The number of para-hydroxylation sites is 1. The smallest absolute Gasteiger partial charge is 0.263 e. The van der Waals surface area contributed by atoms with Gasteiger partial charge in [0, 0.05) is 19.1 Å². The zero-order valence-electron chi connectivity index (χ0n) is 11.0. The number of rotatable bonds is 4. The van der Waals surface area contributed by atoms with E-state index in [1.807, 2.05) is 6.92 Å². The van der Waals surface area contributed by atoms with E-state index in [2.05, 4.69) is 0 Å². The lowest BCUT2D eigenvalue weighted by Gasteiger charge is -2.23. The number of amides is 1. The topological polar surface area (TPSA) is 55.6 Å². The van der Waals surface area contributed by atoms with Gasteiger partial charge in [0.15, 0.2) is 17.7 Å². The number of nitrogens with two attached hydrogens (primary N) is 1. The standard InChI is InChI=1S/C14H19FN2O2/c1-2-12(14(18)17-8-7-10(16)9-17)19-13-6-4-3-5-11(13)15/h3-6,10,12H,2,7-9,16H2,1H3/t10-,12?/m0/s1. The van der Waals surface area contributed by atoms with E-state index < -0.39 is 11.9 Å². The molecule has 1 unspecified atom stereocenters. The number of benzene rings is 1. The van der Waals surface area contributed by atoms with E-state index in [4.69, 9.17) is 10.5 Å². The summed E-state index contributed by atoms with van der Waals surface area (Å²) in [5, 5.41) is 0. The van der Waals surface area contributed by atoms with E-state index >= 15 is 0 Å². The maximum atomic E-state index is 13.5. The zero-order chi connectivity index (χ0) is 13.8. The largest absolute Gasteiger partial charge is 0.478 e. The quantitative estimate of drug-likeness (QED) is 0.899. The van der Waals surface area contributed by atoms with Crippen LogP contribution in [0, 0.1) is 5.82 Å². The van der Waals surface area contributed by atoms with Crippen molar-refractivity contribution in [3.8, 4) is 5.75 Å². The highest BCUT2D eigenvalue weighted by Gasteiger charge is 2.30. The van der Waals surface area contributed by atoms with Gasteiger partial charge >= 0.3 is 0 Å². The molecule has 104 valence electrons. The number of hydrogen-bond acceptors (Lipinski definition) is 3. The molecule has 1 aromatic carbocycles. The molecular weight excluding hydrogens is 247 g/mol. The second kappa shape index (κ2) is 6.02. The van der Waals surface area contributed by atoms with Crippen molar-refractivity contribution in [2.24, 2.45) is 5.73 Å². The number of nitrogens with zero attached hydrogens (tertiary/aromatic N) is 1. The van der Waals surface area contributed by atoms with Gasteiger partial charge in [-0.15, -0.1) is 0 Å². The van der Waals surface area contributed by atoms with Crippen molar-refractivity contribution in [2.45, 2.75) is 31.9 Å². The molecule has 1 aromatic rings. The van der Waals surface area contributed by atoms with Crippen LogP contribution in [-0.4, -0.2) is 36.0 Å². The van der Waals surface area contributed by atoms with E-state index in [1.165, 1.54) is 12.1 Å². The lowest BCUT2D eigenvalue weighted by molar-refractivity contribution is -0.137. The van der Waals surface area contributed by atoms with Gasteiger partial charge in [-0.2, -0.15) is 0 Å². The third-order valence-electron chi connectivity index (χ3n) is 3.29. The summed E-state index contributed by atoms with van der Waals surface area (Å²) in [6, 6.07) is 6.15. The first-order valence-corrected chi connectivity index (χ1v) is 6.57. The highest BCUT2D eigenvalue weighted by atomic mass is 19.1. The van der Waals surface area contributed by atoms with Crippen LogP contribution in [0.1, 0.15) is 19.8 Å². The molecule has 0 aliphatic carbocycles. The fourth-order valence-corrected chi connectivity index (χ4v) is 2.19. The van der Waals surface area contributed by atoms with Gasteiger partial charge in [0.05, 0.1) is 0 Å². The molecule has 1 aliphatic rings. The molecular formula is C14H19FN2O2. The Balaban J connectivity index is 2.04. The van der Waals surface area contributed by atoms with E-state index in [0.717, 1.165) is 6.42 Å². The molecule has 5 heteroatoms. The molecule has 0 spiro atoms. The summed E-state index contributed by atoms with van der Waals surface area (Å²) >= 11 is 0. The molecule has 2 atom stereocenters. The number of halogens is 1. The van der Waals surface area contributed by atoms with Crippen molar-refractivity contribution in [3.63, 3.8) is 0 Å². The molecule has 0 bridgehead atoms. The van der Waals surface area contributed by atoms with E-state index in [0.29, 0.717) is 19.5 Å². The average molecular weight is 266 g/mol. The highest BCUT2D eigenvalue weighted by Crippen LogP contribution is 2.20. The first kappa shape index (κ1) is 13.8. The van der Waals surface area contributed by atoms with Crippen LogP contribution in [0.4, 0.5) is 4.39 Å². The maximum Gasteiger partial charge on any atom is 0.263 e. The number of carbonyl (C=O) groups is 1. The van der Waals surface area contributed by atoms with Crippen molar-refractivity contribution < 1.29 is 13.9 Å². The molecule has 1 amide bonds. The zero-order valence-corrected chi connectivity index (χ0v) is 11.0. The Morgan fingerprint density at radius 3 is 2.89 bits per heavy atom. The summed E-state index contributed by atoms with van der Waals surface area (Å²) < 4.78 is 19.0. The Labute approximate surface area is 112 Å². The maximum absolute atomic E-state index is 13.5. The van der Waals surface area contributed by atoms with Crippen molar-refractivity contribution in [2.75, 3.05) is 13.1 Å². The average Bonchev–Trinajstić information content (AvgIpc) is 2.84. The van der Waals surface area contributed by atoms with Crippen LogP contribution in [-0.2, 0) is 4.79 Å². The fourth-order valence-electron chi connectivity index (χ4n) is 2.19. The third-order valence-corrected chi connectivity index (χ3v) is 3.29. The molecule has 2 N–H and O–H groups in total. The minimum absolute atomic E-state index is 0.0370. The third kappa shape index (κ3) is 3.23.